The van der Waals surface area contributed by atoms with Crippen molar-refractivity contribution in [3.63, 3.8) is 0 Å². The Morgan fingerprint density at radius 2 is 2.04 bits per heavy atom. The van der Waals surface area contributed by atoms with Gasteiger partial charge in [-0.2, -0.15) is 0 Å². The number of carbonyl (C=O) groups is 1. The average molecular weight is 322 g/mol. The first-order chi connectivity index (χ1) is 11.8. The minimum absolute atomic E-state index is 0.0339. The molecular weight excluding hydrogens is 300 g/mol. The van der Waals surface area contributed by atoms with Crippen molar-refractivity contribution < 1.29 is 9.53 Å². The van der Waals surface area contributed by atoms with Gasteiger partial charge in [0, 0.05) is 35.6 Å². The van der Waals surface area contributed by atoms with E-state index in [9.17, 15) is 4.79 Å². The lowest BCUT2D eigenvalue weighted by atomic mass is 9.54. The predicted molar refractivity (Wildman–Crippen MR) is 91.7 cm³/mol. The summed E-state index contributed by atoms with van der Waals surface area (Å²) in [5.41, 5.74) is 0.727. The molecule has 1 saturated heterocycles. The molecule has 0 bridgehead atoms. The molecule has 1 amide bonds. The Hall–Kier alpha value is -1.94. The Kier molecular flexibility index (Phi) is 3.17. The number of rotatable bonds is 2. The number of carbonyl (C=O) groups excluding carboxylic acids is 1. The van der Waals surface area contributed by atoms with Gasteiger partial charge in [-0.1, -0.05) is 37.1 Å². The molecule has 124 valence electrons. The zero-order chi connectivity index (χ0) is 16.1. The van der Waals surface area contributed by atoms with Crippen molar-refractivity contribution in [3.8, 4) is 0 Å². The molecule has 24 heavy (non-hydrogen) atoms. The van der Waals surface area contributed by atoms with Crippen molar-refractivity contribution in [2.24, 2.45) is 11.3 Å². The number of hydrogen-bond donors (Lipinski definition) is 1. The van der Waals surface area contributed by atoms with E-state index in [-0.39, 0.29) is 17.4 Å². The van der Waals surface area contributed by atoms with Gasteiger partial charge in [0.1, 0.15) is 5.69 Å². The van der Waals surface area contributed by atoms with Crippen molar-refractivity contribution in [3.05, 3.63) is 42.2 Å². The number of hydrogen-bond acceptors (Lipinski definition) is 3. The second kappa shape index (κ2) is 5.28. The summed E-state index contributed by atoms with van der Waals surface area (Å²) in [5.74, 6) is 0.454. The molecule has 4 nitrogen and oxygen atoms in total. The van der Waals surface area contributed by atoms with Gasteiger partial charge in [-0.15, -0.1) is 0 Å². The van der Waals surface area contributed by atoms with Crippen molar-refractivity contribution in [1.29, 1.82) is 0 Å². The summed E-state index contributed by atoms with van der Waals surface area (Å²) in [6.07, 6.45) is 8.04. The van der Waals surface area contributed by atoms with Crippen LogP contribution in [0.4, 0.5) is 0 Å². The normalized spacial score (nSPS) is 30.2. The summed E-state index contributed by atoms with van der Waals surface area (Å²) in [4.78, 5) is 17.4. The van der Waals surface area contributed by atoms with Gasteiger partial charge in [0.15, 0.2) is 0 Å². The van der Waals surface area contributed by atoms with E-state index in [1.54, 1.807) is 6.20 Å². The molecule has 1 aromatic carbocycles. The molecule has 2 saturated carbocycles. The number of nitrogens with zero attached hydrogens (tertiary/aromatic N) is 1. The SMILES string of the molecule is O=C(NC1C2CCOC2C12CCCC2)c1nccc2ccccc12. The maximum atomic E-state index is 13.0. The van der Waals surface area contributed by atoms with E-state index in [0.717, 1.165) is 23.8 Å². The minimum atomic E-state index is -0.0339. The van der Waals surface area contributed by atoms with Crippen LogP contribution in [0.25, 0.3) is 10.8 Å². The maximum absolute atomic E-state index is 13.0. The third-order valence-electron chi connectivity index (χ3n) is 6.46. The van der Waals surface area contributed by atoms with Crippen molar-refractivity contribution >= 4 is 16.7 Å². The highest BCUT2D eigenvalue weighted by Crippen LogP contribution is 2.60. The van der Waals surface area contributed by atoms with Crippen LogP contribution in [0.5, 0.6) is 0 Å². The first kappa shape index (κ1) is 14.4. The molecule has 2 aromatic rings. The van der Waals surface area contributed by atoms with E-state index in [2.05, 4.69) is 10.3 Å². The molecule has 4 heteroatoms. The number of ether oxygens (including phenoxy) is 1. The number of pyridine rings is 1. The van der Waals surface area contributed by atoms with E-state index >= 15 is 0 Å². The molecule has 2 aliphatic carbocycles. The van der Waals surface area contributed by atoms with E-state index in [1.165, 1.54) is 25.7 Å². The molecule has 3 aliphatic rings. The maximum Gasteiger partial charge on any atom is 0.270 e. The van der Waals surface area contributed by atoms with Crippen LogP contribution in [-0.4, -0.2) is 29.6 Å². The van der Waals surface area contributed by atoms with E-state index < -0.39 is 0 Å². The van der Waals surface area contributed by atoms with Crippen LogP contribution in [0.15, 0.2) is 36.5 Å². The molecule has 0 radical (unpaired) electrons. The third-order valence-corrected chi connectivity index (χ3v) is 6.46. The van der Waals surface area contributed by atoms with E-state index in [4.69, 9.17) is 4.74 Å². The van der Waals surface area contributed by atoms with Gasteiger partial charge < -0.3 is 10.1 Å². The molecule has 1 N–H and O–H groups in total. The number of nitrogens with one attached hydrogen (secondary N) is 1. The topological polar surface area (TPSA) is 51.2 Å². The summed E-state index contributed by atoms with van der Waals surface area (Å²) in [5, 5.41) is 5.33. The third kappa shape index (κ3) is 1.89. The zero-order valence-corrected chi connectivity index (χ0v) is 13.7. The van der Waals surface area contributed by atoms with E-state index in [1.807, 2.05) is 30.3 Å². The zero-order valence-electron chi connectivity index (χ0n) is 13.7. The van der Waals surface area contributed by atoms with Crippen LogP contribution in [0.3, 0.4) is 0 Å². The highest BCUT2D eigenvalue weighted by molar-refractivity contribution is 6.05. The van der Waals surface area contributed by atoms with Gasteiger partial charge in [-0.3, -0.25) is 9.78 Å². The number of benzene rings is 1. The quantitative estimate of drug-likeness (QED) is 0.923. The van der Waals surface area contributed by atoms with E-state index in [0.29, 0.717) is 17.7 Å². The Bertz CT molecular complexity index is 792. The van der Waals surface area contributed by atoms with Gasteiger partial charge in [-0.25, -0.2) is 0 Å². The monoisotopic (exact) mass is 322 g/mol. The summed E-state index contributed by atoms with van der Waals surface area (Å²) in [6, 6.07) is 10.2. The van der Waals surface area contributed by atoms with Gasteiger partial charge >= 0.3 is 0 Å². The fourth-order valence-corrected chi connectivity index (χ4v) is 5.41. The summed E-state index contributed by atoms with van der Waals surface area (Å²) in [7, 11) is 0. The Balaban J connectivity index is 1.45. The molecule has 1 spiro atoms. The van der Waals surface area contributed by atoms with Gasteiger partial charge in [-0.05, 0) is 30.7 Å². The smallest absolute Gasteiger partial charge is 0.270 e. The predicted octanol–water partition coefficient (Wildman–Crippen LogP) is 3.31. The van der Waals surface area contributed by atoms with Gasteiger partial charge in [0.25, 0.3) is 5.91 Å². The van der Waals surface area contributed by atoms with Crippen molar-refractivity contribution in [2.75, 3.05) is 6.61 Å². The lowest BCUT2D eigenvalue weighted by Crippen LogP contribution is -2.68. The number of fused-ring (bicyclic) bond motifs is 3. The van der Waals surface area contributed by atoms with Crippen LogP contribution >= 0.6 is 0 Å². The Labute approximate surface area is 141 Å². The van der Waals surface area contributed by atoms with Crippen LogP contribution in [-0.2, 0) is 4.74 Å². The van der Waals surface area contributed by atoms with Crippen LogP contribution in [0.2, 0.25) is 0 Å². The molecule has 3 unspecified atom stereocenters. The second-order valence-electron chi connectivity index (χ2n) is 7.52. The van der Waals surface area contributed by atoms with Gasteiger partial charge in [0.05, 0.1) is 6.10 Å². The van der Waals surface area contributed by atoms with Crippen LogP contribution < -0.4 is 5.32 Å². The lowest BCUT2D eigenvalue weighted by Gasteiger charge is -2.56. The summed E-state index contributed by atoms with van der Waals surface area (Å²) >= 11 is 0. The first-order valence-corrected chi connectivity index (χ1v) is 9.06. The molecular formula is C20H22N2O2. The summed E-state index contributed by atoms with van der Waals surface area (Å²) in [6.45, 7) is 0.843. The summed E-state index contributed by atoms with van der Waals surface area (Å²) < 4.78 is 6.01. The highest BCUT2D eigenvalue weighted by Gasteiger charge is 2.65. The fraction of sp³-hybridized carbons (Fsp3) is 0.500. The number of amides is 1. The molecule has 3 fully saturated rings. The Morgan fingerprint density at radius 3 is 2.92 bits per heavy atom. The standard InChI is InChI=1S/C20H22N2O2/c23-19(16-14-6-2-1-5-13(14)7-11-21-16)22-17-15-8-12-24-18(15)20(17)9-3-4-10-20/h1-2,5-7,11,15,17-18H,3-4,8-10,12H2,(H,22,23). The Morgan fingerprint density at radius 1 is 1.21 bits per heavy atom. The second-order valence-corrected chi connectivity index (χ2v) is 7.52. The molecule has 5 rings (SSSR count). The number of aromatic nitrogens is 1. The van der Waals surface area contributed by atoms with Gasteiger partial charge in [0.2, 0.25) is 0 Å². The first-order valence-electron chi connectivity index (χ1n) is 9.06. The van der Waals surface area contributed by atoms with Crippen molar-refractivity contribution in [1.82, 2.24) is 10.3 Å². The molecule has 3 atom stereocenters. The lowest BCUT2D eigenvalue weighted by molar-refractivity contribution is -0.126. The fourth-order valence-electron chi connectivity index (χ4n) is 5.41. The minimum Gasteiger partial charge on any atom is -0.377 e. The highest BCUT2D eigenvalue weighted by atomic mass is 16.5. The molecule has 1 aromatic heterocycles. The largest absolute Gasteiger partial charge is 0.377 e. The average Bonchev–Trinajstić information content (AvgIpc) is 3.27. The van der Waals surface area contributed by atoms with Crippen molar-refractivity contribution in [2.45, 2.75) is 44.2 Å². The molecule has 1 aliphatic heterocycles. The van der Waals surface area contributed by atoms with Crippen LogP contribution in [0.1, 0.15) is 42.6 Å². The molecule has 2 heterocycles. The van der Waals surface area contributed by atoms with Crippen LogP contribution in [0, 0.1) is 11.3 Å².